The van der Waals surface area contributed by atoms with Crippen LogP contribution in [0.15, 0.2) is 36.4 Å². The van der Waals surface area contributed by atoms with Crippen LogP contribution in [0.1, 0.15) is 16.1 Å². The van der Waals surface area contributed by atoms with Crippen molar-refractivity contribution in [2.24, 2.45) is 0 Å². The van der Waals surface area contributed by atoms with Gasteiger partial charge in [0.15, 0.2) is 5.82 Å². The number of piperazine rings is 1. The van der Waals surface area contributed by atoms with Crippen LogP contribution < -0.4 is 5.32 Å². The number of hydrogen-bond donors (Lipinski definition) is 1. The number of carbonyl (C=O) groups is 1. The van der Waals surface area contributed by atoms with Gasteiger partial charge in [0.1, 0.15) is 5.82 Å². The minimum absolute atomic E-state index is 0.0792. The molecule has 1 N–H and O–H groups in total. The molecule has 3 rings (SSSR count). The highest BCUT2D eigenvalue weighted by Crippen LogP contribution is 2.19. The molecule has 0 saturated carbocycles. The Morgan fingerprint density at radius 2 is 1.92 bits per heavy atom. The molecular formula is C18H20ClFN4O. The maximum absolute atomic E-state index is 14.0. The summed E-state index contributed by atoms with van der Waals surface area (Å²) < 4.78 is 14.0. The Morgan fingerprint density at radius 1 is 1.20 bits per heavy atom. The summed E-state index contributed by atoms with van der Waals surface area (Å²) >= 11 is 5.73. The van der Waals surface area contributed by atoms with Crippen LogP contribution in [0, 0.1) is 5.82 Å². The third-order valence-corrected chi connectivity index (χ3v) is 4.52. The normalized spacial score (nSPS) is 16.0. The minimum atomic E-state index is -0.727. The lowest BCUT2D eigenvalue weighted by atomic mass is 10.2. The number of anilines is 1. The fourth-order valence-electron chi connectivity index (χ4n) is 2.74. The van der Waals surface area contributed by atoms with Gasteiger partial charge in [-0.25, -0.2) is 9.37 Å². The fourth-order valence-corrected chi connectivity index (χ4v) is 2.91. The van der Waals surface area contributed by atoms with Gasteiger partial charge >= 0.3 is 0 Å². The van der Waals surface area contributed by atoms with E-state index in [2.05, 4.69) is 27.1 Å². The van der Waals surface area contributed by atoms with Gasteiger partial charge in [-0.3, -0.25) is 9.69 Å². The summed E-state index contributed by atoms with van der Waals surface area (Å²) in [7, 11) is 2.11. The first kappa shape index (κ1) is 17.8. The number of aromatic nitrogens is 1. The number of halogens is 2. The maximum Gasteiger partial charge on any atom is 0.259 e. The molecule has 2 heterocycles. The highest BCUT2D eigenvalue weighted by atomic mass is 35.5. The van der Waals surface area contributed by atoms with Gasteiger partial charge in [0.2, 0.25) is 0 Å². The molecule has 1 saturated heterocycles. The van der Waals surface area contributed by atoms with Crippen LogP contribution in [0.5, 0.6) is 0 Å². The summed E-state index contributed by atoms with van der Waals surface area (Å²) in [5.41, 5.74) is 0.771. The second-order valence-corrected chi connectivity index (χ2v) is 6.56. The number of pyridine rings is 1. The molecule has 2 aromatic rings. The van der Waals surface area contributed by atoms with Crippen LogP contribution in [0.3, 0.4) is 0 Å². The van der Waals surface area contributed by atoms with E-state index in [9.17, 15) is 9.18 Å². The van der Waals surface area contributed by atoms with Crippen LogP contribution in [0.25, 0.3) is 0 Å². The monoisotopic (exact) mass is 362 g/mol. The standard InChI is InChI=1S/C18H20ClFN4O/c1-23-8-10-24(11-9-23)12-13-4-2-7-16(21-13)22-18(25)14-5-3-6-15(19)17(14)20/h2-7H,8-12H2,1H3,(H,21,22,25). The molecule has 1 fully saturated rings. The first-order chi connectivity index (χ1) is 12.0. The Balaban J connectivity index is 1.67. The third-order valence-electron chi connectivity index (χ3n) is 4.23. The van der Waals surface area contributed by atoms with Crippen molar-refractivity contribution in [3.8, 4) is 0 Å². The number of amides is 1. The molecule has 5 nitrogen and oxygen atoms in total. The lowest BCUT2D eigenvalue weighted by Crippen LogP contribution is -2.44. The van der Waals surface area contributed by atoms with Crippen molar-refractivity contribution in [2.45, 2.75) is 6.54 Å². The number of rotatable bonds is 4. The Hall–Kier alpha value is -2.02. The van der Waals surface area contributed by atoms with E-state index in [-0.39, 0.29) is 10.6 Å². The predicted molar refractivity (Wildman–Crippen MR) is 96.4 cm³/mol. The topological polar surface area (TPSA) is 48.5 Å². The quantitative estimate of drug-likeness (QED) is 0.908. The molecule has 1 aromatic heterocycles. The maximum atomic E-state index is 14.0. The summed E-state index contributed by atoms with van der Waals surface area (Å²) in [5, 5.41) is 2.56. The second kappa shape index (κ2) is 7.91. The van der Waals surface area contributed by atoms with E-state index in [1.807, 2.05) is 12.1 Å². The molecule has 1 aromatic carbocycles. The Bertz CT molecular complexity index is 762. The van der Waals surface area contributed by atoms with Crippen molar-refractivity contribution in [1.29, 1.82) is 0 Å². The number of likely N-dealkylation sites (N-methyl/N-ethyl adjacent to an activating group) is 1. The molecule has 7 heteroatoms. The van der Waals surface area contributed by atoms with E-state index in [1.54, 1.807) is 6.07 Å². The molecule has 0 atom stereocenters. The number of nitrogens with one attached hydrogen (secondary N) is 1. The van der Waals surface area contributed by atoms with Gasteiger partial charge in [-0.2, -0.15) is 0 Å². The van der Waals surface area contributed by atoms with Crippen LogP contribution >= 0.6 is 11.6 Å². The first-order valence-electron chi connectivity index (χ1n) is 8.15. The van der Waals surface area contributed by atoms with Gasteiger partial charge < -0.3 is 10.2 Å². The van der Waals surface area contributed by atoms with Crippen molar-refractivity contribution >= 4 is 23.3 Å². The number of hydrogen-bond acceptors (Lipinski definition) is 4. The van der Waals surface area contributed by atoms with E-state index in [1.165, 1.54) is 18.2 Å². The average molecular weight is 363 g/mol. The van der Waals surface area contributed by atoms with E-state index in [0.717, 1.165) is 38.4 Å². The van der Waals surface area contributed by atoms with Gasteiger partial charge in [-0.05, 0) is 31.3 Å². The van der Waals surface area contributed by atoms with Gasteiger partial charge in [-0.1, -0.05) is 23.7 Å². The molecule has 25 heavy (non-hydrogen) atoms. The lowest BCUT2D eigenvalue weighted by Gasteiger charge is -2.32. The van der Waals surface area contributed by atoms with E-state index in [0.29, 0.717) is 5.82 Å². The van der Waals surface area contributed by atoms with Crippen molar-refractivity contribution < 1.29 is 9.18 Å². The molecule has 132 valence electrons. The van der Waals surface area contributed by atoms with Crippen molar-refractivity contribution in [2.75, 3.05) is 38.5 Å². The summed E-state index contributed by atoms with van der Waals surface area (Å²) in [6, 6.07) is 9.79. The predicted octanol–water partition coefficient (Wildman–Crippen LogP) is 2.87. The highest BCUT2D eigenvalue weighted by Gasteiger charge is 2.16. The SMILES string of the molecule is CN1CCN(Cc2cccc(NC(=O)c3cccc(Cl)c3F)n2)CC1. The number of carbonyl (C=O) groups excluding carboxylic acids is 1. The molecular weight excluding hydrogens is 343 g/mol. The second-order valence-electron chi connectivity index (χ2n) is 6.15. The Morgan fingerprint density at radius 3 is 2.68 bits per heavy atom. The Labute approximate surface area is 151 Å². The molecule has 0 unspecified atom stereocenters. The van der Waals surface area contributed by atoms with Crippen molar-refractivity contribution in [1.82, 2.24) is 14.8 Å². The minimum Gasteiger partial charge on any atom is -0.306 e. The summed E-state index contributed by atoms with van der Waals surface area (Å²) in [6.45, 7) is 4.77. The van der Waals surface area contributed by atoms with Crippen LogP contribution in [0.2, 0.25) is 5.02 Å². The number of benzene rings is 1. The zero-order valence-corrected chi connectivity index (χ0v) is 14.8. The summed E-state index contributed by atoms with van der Waals surface area (Å²) in [4.78, 5) is 21.3. The van der Waals surface area contributed by atoms with E-state index < -0.39 is 11.7 Å². The molecule has 0 bridgehead atoms. The largest absolute Gasteiger partial charge is 0.306 e. The molecule has 1 aliphatic rings. The molecule has 0 radical (unpaired) electrons. The molecule has 1 amide bonds. The summed E-state index contributed by atoms with van der Waals surface area (Å²) in [5.74, 6) is -0.893. The lowest BCUT2D eigenvalue weighted by molar-refractivity contribution is 0.102. The van der Waals surface area contributed by atoms with Gasteiger partial charge in [0, 0.05) is 32.7 Å². The first-order valence-corrected chi connectivity index (χ1v) is 8.53. The van der Waals surface area contributed by atoms with E-state index in [4.69, 9.17) is 11.6 Å². The van der Waals surface area contributed by atoms with Crippen LogP contribution in [0.4, 0.5) is 10.2 Å². The van der Waals surface area contributed by atoms with Gasteiger partial charge in [0.25, 0.3) is 5.91 Å². The molecule has 1 aliphatic heterocycles. The van der Waals surface area contributed by atoms with Crippen LogP contribution in [-0.4, -0.2) is 53.9 Å². The van der Waals surface area contributed by atoms with Crippen molar-refractivity contribution in [3.63, 3.8) is 0 Å². The van der Waals surface area contributed by atoms with Gasteiger partial charge in [-0.15, -0.1) is 0 Å². The van der Waals surface area contributed by atoms with E-state index >= 15 is 0 Å². The average Bonchev–Trinajstić information content (AvgIpc) is 2.59. The smallest absolute Gasteiger partial charge is 0.259 e. The number of nitrogens with zero attached hydrogens (tertiary/aromatic N) is 3. The fraction of sp³-hybridized carbons (Fsp3) is 0.333. The Kier molecular flexibility index (Phi) is 5.63. The summed E-state index contributed by atoms with van der Waals surface area (Å²) in [6.07, 6.45) is 0. The highest BCUT2D eigenvalue weighted by molar-refractivity contribution is 6.31. The zero-order chi connectivity index (χ0) is 17.8. The molecule has 0 aliphatic carbocycles. The van der Waals surface area contributed by atoms with Crippen molar-refractivity contribution in [3.05, 3.63) is 58.5 Å². The van der Waals surface area contributed by atoms with Gasteiger partial charge in [0.05, 0.1) is 16.3 Å². The van der Waals surface area contributed by atoms with Crippen LogP contribution in [-0.2, 0) is 6.54 Å². The third kappa shape index (κ3) is 4.54. The zero-order valence-electron chi connectivity index (χ0n) is 14.0. The molecule has 0 spiro atoms.